The van der Waals surface area contributed by atoms with Crippen molar-refractivity contribution in [1.29, 1.82) is 0 Å². The molecule has 138 valence electrons. The summed E-state index contributed by atoms with van der Waals surface area (Å²) in [6.07, 6.45) is 7.28. The first-order valence-electron chi connectivity index (χ1n) is 9.84. The van der Waals surface area contributed by atoms with Crippen LogP contribution in [-0.2, 0) is 9.59 Å². The number of allylic oxidation sites excluding steroid dienone is 2. The molecule has 3 fully saturated rings. The van der Waals surface area contributed by atoms with E-state index in [9.17, 15) is 19.8 Å². The summed E-state index contributed by atoms with van der Waals surface area (Å²) in [5.74, 6) is 1.15. The molecule has 0 amide bonds. The number of rotatable bonds is 2. The monoisotopic (exact) mass is 346 g/mol. The summed E-state index contributed by atoms with van der Waals surface area (Å²) in [5, 5.41) is 20.5. The lowest BCUT2D eigenvalue weighted by Gasteiger charge is -2.59. The topological polar surface area (TPSA) is 74.6 Å². The largest absolute Gasteiger partial charge is 0.393 e. The van der Waals surface area contributed by atoms with Gasteiger partial charge in [0.1, 0.15) is 12.4 Å². The second-order valence-electron chi connectivity index (χ2n) is 9.43. The van der Waals surface area contributed by atoms with Crippen LogP contribution in [0.5, 0.6) is 0 Å². The van der Waals surface area contributed by atoms with Crippen molar-refractivity contribution >= 4 is 11.6 Å². The molecule has 25 heavy (non-hydrogen) atoms. The number of hydrogen-bond donors (Lipinski definition) is 2. The molecular formula is C21H30O4. The van der Waals surface area contributed by atoms with E-state index in [2.05, 4.69) is 19.9 Å². The average Bonchev–Trinajstić information content (AvgIpc) is 2.91. The van der Waals surface area contributed by atoms with Crippen LogP contribution < -0.4 is 0 Å². The van der Waals surface area contributed by atoms with Crippen LogP contribution in [0.3, 0.4) is 0 Å². The van der Waals surface area contributed by atoms with E-state index in [1.54, 1.807) is 0 Å². The van der Waals surface area contributed by atoms with Gasteiger partial charge in [0.05, 0.1) is 6.10 Å². The van der Waals surface area contributed by atoms with E-state index in [0.29, 0.717) is 36.9 Å². The lowest BCUT2D eigenvalue weighted by atomic mass is 9.46. The van der Waals surface area contributed by atoms with Gasteiger partial charge < -0.3 is 10.2 Å². The summed E-state index contributed by atoms with van der Waals surface area (Å²) in [5.41, 5.74) is 0.970. The zero-order valence-corrected chi connectivity index (χ0v) is 15.3. The van der Waals surface area contributed by atoms with Gasteiger partial charge in [-0.3, -0.25) is 9.59 Å². The minimum atomic E-state index is -0.430. The predicted octanol–water partition coefficient (Wildman–Crippen LogP) is 2.67. The van der Waals surface area contributed by atoms with Crippen molar-refractivity contribution in [3.05, 3.63) is 11.6 Å². The fraction of sp³-hybridized carbons (Fsp3) is 0.810. The molecule has 4 aliphatic carbocycles. The Morgan fingerprint density at radius 1 is 1.32 bits per heavy atom. The van der Waals surface area contributed by atoms with Gasteiger partial charge >= 0.3 is 0 Å². The van der Waals surface area contributed by atoms with Crippen LogP contribution in [0.15, 0.2) is 11.6 Å². The van der Waals surface area contributed by atoms with Crippen LogP contribution in [0.1, 0.15) is 58.8 Å². The van der Waals surface area contributed by atoms with Gasteiger partial charge in [-0.2, -0.15) is 0 Å². The van der Waals surface area contributed by atoms with E-state index < -0.39 is 6.10 Å². The van der Waals surface area contributed by atoms with Crippen molar-refractivity contribution in [3.63, 3.8) is 0 Å². The van der Waals surface area contributed by atoms with Gasteiger partial charge in [0.2, 0.25) is 0 Å². The number of carbonyl (C=O) groups excluding carboxylic acids is 2. The van der Waals surface area contributed by atoms with Gasteiger partial charge in [0, 0.05) is 18.8 Å². The summed E-state index contributed by atoms with van der Waals surface area (Å²) < 4.78 is 0. The molecule has 0 radical (unpaired) electrons. The van der Waals surface area contributed by atoms with E-state index in [1.807, 2.05) is 0 Å². The molecule has 0 aromatic heterocycles. The maximum absolute atomic E-state index is 12.3. The molecule has 4 nitrogen and oxygen atoms in total. The van der Waals surface area contributed by atoms with E-state index in [0.717, 1.165) is 25.7 Å². The van der Waals surface area contributed by atoms with E-state index in [1.165, 1.54) is 5.57 Å². The third-order valence-corrected chi connectivity index (χ3v) is 8.41. The van der Waals surface area contributed by atoms with Crippen LogP contribution in [0, 0.1) is 34.5 Å². The summed E-state index contributed by atoms with van der Waals surface area (Å²) in [7, 11) is 0. The highest BCUT2D eigenvalue weighted by atomic mass is 16.3. The number of Topliss-reactive ketones (excluding diaryl/α,β-unsaturated/α-hetero) is 2. The third-order valence-electron chi connectivity index (χ3n) is 8.41. The fourth-order valence-electron chi connectivity index (χ4n) is 7.25. The molecule has 4 unspecified atom stereocenters. The Morgan fingerprint density at radius 3 is 2.80 bits per heavy atom. The van der Waals surface area contributed by atoms with Crippen molar-refractivity contribution in [2.24, 2.45) is 34.5 Å². The molecule has 0 aromatic rings. The second-order valence-corrected chi connectivity index (χ2v) is 9.43. The summed E-state index contributed by atoms with van der Waals surface area (Å²) >= 11 is 0. The molecule has 2 N–H and O–H groups in total. The zero-order valence-electron chi connectivity index (χ0n) is 15.3. The first-order chi connectivity index (χ1) is 11.8. The summed E-state index contributed by atoms with van der Waals surface area (Å²) in [4.78, 5) is 24.2. The van der Waals surface area contributed by atoms with Gasteiger partial charge in [0.25, 0.3) is 0 Å². The number of ketones is 2. The molecule has 0 aromatic carbocycles. The molecule has 0 aliphatic heterocycles. The van der Waals surface area contributed by atoms with Crippen molar-refractivity contribution < 1.29 is 19.8 Å². The van der Waals surface area contributed by atoms with Gasteiger partial charge in [-0.05, 0) is 60.7 Å². The number of carbonyl (C=O) groups is 2. The highest BCUT2D eigenvalue weighted by molar-refractivity contribution is 5.83. The van der Waals surface area contributed by atoms with Crippen LogP contribution in [0.2, 0.25) is 0 Å². The molecule has 4 aliphatic rings. The number of hydrogen-bond acceptors (Lipinski definition) is 4. The van der Waals surface area contributed by atoms with E-state index >= 15 is 0 Å². The number of aliphatic hydroxyl groups excluding tert-OH is 2. The molecule has 0 bridgehead atoms. The SMILES string of the molecule is C[C@]12CCC(=O)CC1=CCC1C2C(O)C[C@@]2(C)C1CC[C@@H]2C(=O)CO. The van der Waals surface area contributed by atoms with Crippen LogP contribution >= 0.6 is 0 Å². The molecule has 7 atom stereocenters. The maximum Gasteiger partial charge on any atom is 0.161 e. The fourth-order valence-corrected chi connectivity index (χ4v) is 7.25. The zero-order chi connectivity index (χ0) is 18.0. The number of fused-ring (bicyclic) bond motifs is 5. The van der Waals surface area contributed by atoms with E-state index in [-0.39, 0.29) is 35.1 Å². The summed E-state index contributed by atoms with van der Waals surface area (Å²) in [6, 6.07) is 0. The second kappa shape index (κ2) is 5.75. The first kappa shape index (κ1) is 17.4. The predicted molar refractivity (Wildman–Crippen MR) is 93.7 cm³/mol. The average molecular weight is 346 g/mol. The van der Waals surface area contributed by atoms with Gasteiger partial charge in [-0.1, -0.05) is 25.5 Å². The smallest absolute Gasteiger partial charge is 0.161 e. The van der Waals surface area contributed by atoms with Crippen LogP contribution in [0.4, 0.5) is 0 Å². The Kier molecular flexibility index (Phi) is 4.01. The molecular weight excluding hydrogens is 316 g/mol. The van der Waals surface area contributed by atoms with Crippen molar-refractivity contribution in [2.75, 3.05) is 6.61 Å². The highest BCUT2D eigenvalue weighted by Crippen LogP contribution is 2.66. The summed E-state index contributed by atoms with van der Waals surface area (Å²) in [6.45, 7) is 4.02. The Morgan fingerprint density at radius 2 is 2.08 bits per heavy atom. The molecule has 4 rings (SSSR count). The minimum absolute atomic E-state index is 0.0582. The molecule has 3 saturated carbocycles. The van der Waals surface area contributed by atoms with Crippen molar-refractivity contribution in [1.82, 2.24) is 0 Å². The highest BCUT2D eigenvalue weighted by Gasteiger charge is 2.62. The van der Waals surface area contributed by atoms with Crippen LogP contribution in [0.25, 0.3) is 0 Å². The first-order valence-corrected chi connectivity index (χ1v) is 9.84. The van der Waals surface area contributed by atoms with Gasteiger partial charge in [0.15, 0.2) is 5.78 Å². The quantitative estimate of drug-likeness (QED) is 0.754. The molecule has 0 heterocycles. The third kappa shape index (κ3) is 2.33. The Balaban J connectivity index is 1.70. The van der Waals surface area contributed by atoms with Crippen molar-refractivity contribution in [2.45, 2.75) is 64.9 Å². The molecule has 0 spiro atoms. The van der Waals surface area contributed by atoms with Gasteiger partial charge in [-0.15, -0.1) is 0 Å². The standard InChI is InChI=1S/C21H30O4/c1-20-8-7-13(23)9-12(20)3-4-14-15-5-6-16(18(25)11-22)21(15,2)10-17(24)19(14)20/h3,14-17,19,22,24H,4-11H2,1-2H3/t14?,15?,16-,17?,19?,20+,21+/m1/s1. The van der Waals surface area contributed by atoms with E-state index in [4.69, 9.17) is 0 Å². The Labute approximate surface area is 149 Å². The van der Waals surface area contributed by atoms with Crippen molar-refractivity contribution in [3.8, 4) is 0 Å². The normalized spacial score (nSPS) is 49.0. The Hall–Kier alpha value is -1.00. The van der Waals surface area contributed by atoms with Crippen LogP contribution in [-0.4, -0.2) is 34.5 Å². The maximum atomic E-state index is 12.3. The lowest BCUT2D eigenvalue weighted by molar-refractivity contribution is -0.144. The molecule has 0 saturated heterocycles. The lowest BCUT2D eigenvalue weighted by Crippen LogP contribution is -2.56. The minimum Gasteiger partial charge on any atom is -0.393 e. The Bertz CT molecular complexity index is 638. The van der Waals surface area contributed by atoms with Gasteiger partial charge in [-0.25, -0.2) is 0 Å². The number of aliphatic hydroxyl groups is 2. The molecule has 4 heteroatoms.